The Morgan fingerprint density at radius 3 is 2.30 bits per heavy atom. The van der Waals surface area contributed by atoms with Gasteiger partial charge in [-0.1, -0.05) is 12.1 Å². The third-order valence-electron chi connectivity index (χ3n) is 4.96. The molecule has 1 fully saturated rings. The third-order valence-corrected chi connectivity index (χ3v) is 4.96. The Labute approximate surface area is 189 Å². The van der Waals surface area contributed by atoms with Gasteiger partial charge in [0.05, 0.1) is 19.2 Å². The molecule has 1 saturated heterocycles. The molecule has 11 heteroatoms. The molecule has 1 aliphatic rings. The first-order valence-electron chi connectivity index (χ1n) is 10.2. The molecule has 0 saturated carbocycles. The van der Waals surface area contributed by atoms with Crippen molar-refractivity contribution in [1.82, 2.24) is 15.1 Å². The number of urea groups is 1. The normalized spacial score (nSPS) is 14.0. The maximum atomic E-state index is 12.7. The maximum absolute atomic E-state index is 12.7. The number of piperazine rings is 1. The SMILES string of the molecule is COc1ccc(NC(=O)NC(=O)CN2CCN(C(=O)c3ccccc3OC(F)F)CC2)cc1. The van der Waals surface area contributed by atoms with Gasteiger partial charge in [-0.2, -0.15) is 8.78 Å². The molecule has 0 bridgehead atoms. The summed E-state index contributed by atoms with van der Waals surface area (Å²) >= 11 is 0. The van der Waals surface area contributed by atoms with E-state index in [0.29, 0.717) is 37.6 Å². The van der Waals surface area contributed by atoms with Crippen LogP contribution in [0.5, 0.6) is 11.5 Å². The second-order valence-corrected chi connectivity index (χ2v) is 7.17. The van der Waals surface area contributed by atoms with Crippen molar-refractivity contribution >= 4 is 23.5 Å². The number of carbonyl (C=O) groups excluding carboxylic acids is 3. The second kappa shape index (κ2) is 11.2. The lowest BCUT2D eigenvalue weighted by Gasteiger charge is -2.34. The number of nitrogens with one attached hydrogen (secondary N) is 2. The van der Waals surface area contributed by atoms with Crippen molar-refractivity contribution in [2.75, 3.05) is 45.2 Å². The zero-order chi connectivity index (χ0) is 23.8. The van der Waals surface area contributed by atoms with E-state index in [1.165, 1.54) is 30.2 Å². The van der Waals surface area contributed by atoms with Crippen molar-refractivity contribution in [3.8, 4) is 11.5 Å². The summed E-state index contributed by atoms with van der Waals surface area (Å²) in [5.74, 6) is -0.451. The van der Waals surface area contributed by atoms with Crippen LogP contribution >= 0.6 is 0 Å². The largest absolute Gasteiger partial charge is 0.497 e. The Hall–Kier alpha value is -3.73. The number of benzene rings is 2. The van der Waals surface area contributed by atoms with E-state index < -0.39 is 24.5 Å². The molecule has 1 aliphatic heterocycles. The molecule has 4 amide bonds. The van der Waals surface area contributed by atoms with Crippen LogP contribution in [0.25, 0.3) is 0 Å². The molecule has 0 aliphatic carbocycles. The fourth-order valence-corrected chi connectivity index (χ4v) is 3.33. The molecule has 3 rings (SSSR count). The summed E-state index contributed by atoms with van der Waals surface area (Å²) in [4.78, 5) is 40.2. The van der Waals surface area contributed by atoms with E-state index in [-0.39, 0.29) is 17.9 Å². The Morgan fingerprint density at radius 2 is 1.67 bits per heavy atom. The predicted molar refractivity (Wildman–Crippen MR) is 116 cm³/mol. The highest BCUT2D eigenvalue weighted by Crippen LogP contribution is 2.22. The number of amides is 4. The van der Waals surface area contributed by atoms with Crippen LogP contribution in [0.1, 0.15) is 10.4 Å². The average molecular weight is 462 g/mol. The van der Waals surface area contributed by atoms with Gasteiger partial charge >= 0.3 is 12.6 Å². The number of anilines is 1. The standard InChI is InChI=1S/C22H24F2N4O5/c1-32-16-8-6-15(7-9-16)25-22(31)26-19(29)14-27-10-12-28(13-11-27)20(30)17-4-2-3-5-18(17)33-21(23)24/h2-9,21H,10-14H2,1H3,(H2,25,26,29,31). The number of alkyl halides is 2. The molecule has 2 aromatic rings. The predicted octanol–water partition coefficient (Wildman–Crippen LogP) is 2.40. The Kier molecular flexibility index (Phi) is 8.14. The van der Waals surface area contributed by atoms with Gasteiger partial charge in [0.25, 0.3) is 5.91 Å². The van der Waals surface area contributed by atoms with Crippen molar-refractivity contribution < 1.29 is 32.6 Å². The molecule has 0 spiro atoms. The Morgan fingerprint density at radius 1 is 1.00 bits per heavy atom. The lowest BCUT2D eigenvalue weighted by atomic mass is 10.1. The number of imide groups is 1. The molecule has 0 aromatic heterocycles. The van der Waals surface area contributed by atoms with Gasteiger partial charge in [0.1, 0.15) is 11.5 Å². The number of nitrogens with zero attached hydrogens (tertiary/aromatic N) is 2. The second-order valence-electron chi connectivity index (χ2n) is 7.17. The molecular weight excluding hydrogens is 438 g/mol. The first kappa shape index (κ1) is 23.9. The fraction of sp³-hybridized carbons (Fsp3) is 0.318. The van der Waals surface area contributed by atoms with Gasteiger partial charge in [-0.15, -0.1) is 0 Å². The Bertz CT molecular complexity index is 979. The van der Waals surface area contributed by atoms with E-state index in [1.807, 2.05) is 0 Å². The molecule has 0 unspecified atom stereocenters. The minimum atomic E-state index is -3.03. The summed E-state index contributed by atoms with van der Waals surface area (Å²) in [6.07, 6.45) is 0. The summed E-state index contributed by atoms with van der Waals surface area (Å²) in [6.45, 7) is -1.69. The molecule has 1 heterocycles. The number of hydrogen-bond acceptors (Lipinski definition) is 6. The number of ether oxygens (including phenoxy) is 2. The average Bonchev–Trinajstić information content (AvgIpc) is 2.79. The van der Waals surface area contributed by atoms with Gasteiger partial charge < -0.3 is 19.7 Å². The van der Waals surface area contributed by atoms with Gasteiger partial charge in [-0.25, -0.2) is 4.79 Å². The first-order valence-corrected chi connectivity index (χ1v) is 10.2. The molecule has 2 aromatic carbocycles. The highest BCUT2D eigenvalue weighted by Gasteiger charge is 2.26. The number of halogens is 2. The fourth-order valence-electron chi connectivity index (χ4n) is 3.33. The third kappa shape index (κ3) is 6.88. The summed E-state index contributed by atoms with van der Waals surface area (Å²) in [5, 5.41) is 4.82. The lowest BCUT2D eigenvalue weighted by Crippen LogP contribution is -2.51. The summed E-state index contributed by atoms with van der Waals surface area (Å²) in [6, 6.07) is 11.8. The molecule has 9 nitrogen and oxygen atoms in total. The zero-order valence-corrected chi connectivity index (χ0v) is 17.9. The van der Waals surface area contributed by atoms with Crippen LogP contribution in [0, 0.1) is 0 Å². The van der Waals surface area contributed by atoms with Gasteiger partial charge in [-0.05, 0) is 36.4 Å². The van der Waals surface area contributed by atoms with E-state index in [0.717, 1.165) is 0 Å². The number of methoxy groups -OCH3 is 1. The van der Waals surface area contributed by atoms with E-state index in [2.05, 4.69) is 15.4 Å². The van der Waals surface area contributed by atoms with Crippen molar-refractivity contribution in [2.24, 2.45) is 0 Å². The van der Waals surface area contributed by atoms with Crippen LogP contribution in [0.3, 0.4) is 0 Å². The molecule has 33 heavy (non-hydrogen) atoms. The van der Waals surface area contributed by atoms with Crippen molar-refractivity contribution in [3.63, 3.8) is 0 Å². The Balaban J connectivity index is 1.45. The van der Waals surface area contributed by atoms with Crippen LogP contribution in [-0.2, 0) is 4.79 Å². The quantitative estimate of drug-likeness (QED) is 0.656. The van der Waals surface area contributed by atoms with Crippen LogP contribution in [-0.4, -0.2) is 74.1 Å². The van der Waals surface area contributed by atoms with Crippen LogP contribution in [0.2, 0.25) is 0 Å². The van der Waals surface area contributed by atoms with Crippen molar-refractivity contribution in [2.45, 2.75) is 6.61 Å². The van der Waals surface area contributed by atoms with Gasteiger partial charge in [0, 0.05) is 31.9 Å². The van der Waals surface area contributed by atoms with E-state index in [4.69, 9.17) is 4.74 Å². The molecular formula is C22H24F2N4O5. The minimum absolute atomic E-state index is 0.0247. The monoisotopic (exact) mass is 462 g/mol. The van der Waals surface area contributed by atoms with E-state index in [9.17, 15) is 23.2 Å². The topological polar surface area (TPSA) is 100 Å². The summed E-state index contributed by atoms with van der Waals surface area (Å²) in [5.41, 5.74) is 0.559. The van der Waals surface area contributed by atoms with Crippen LogP contribution in [0.15, 0.2) is 48.5 Å². The molecule has 0 atom stereocenters. The van der Waals surface area contributed by atoms with Crippen LogP contribution < -0.4 is 20.1 Å². The highest BCUT2D eigenvalue weighted by molar-refractivity contribution is 6.01. The number of para-hydroxylation sites is 1. The first-order chi connectivity index (χ1) is 15.9. The summed E-state index contributed by atoms with van der Waals surface area (Å²) in [7, 11) is 1.53. The summed E-state index contributed by atoms with van der Waals surface area (Å²) < 4.78 is 34.7. The van der Waals surface area contributed by atoms with Crippen molar-refractivity contribution in [1.29, 1.82) is 0 Å². The van der Waals surface area contributed by atoms with Gasteiger partial charge in [-0.3, -0.25) is 19.8 Å². The zero-order valence-electron chi connectivity index (χ0n) is 17.9. The molecule has 176 valence electrons. The number of carbonyl (C=O) groups is 3. The smallest absolute Gasteiger partial charge is 0.387 e. The van der Waals surface area contributed by atoms with Gasteiger partial charge in [0.2, 0.25) is 5.91 Å². The van der Waals surface area contributed by atoms with Crippen LogP contribution in [0.4, 0.5) is 19.3 Å². The highest BCUT2D eigenvalue weighted by atomic mass is 19.3. The lowest BCUT2D eigenvalue weighted by molar-refractivity contribution is -0.121. The minimum Gasteiger partial charge on any atom is -0.497 e. The maximum Gasteiger partial charge on any atom is 0.387 e. The van der Waals surface area contributed by atoms with Gasteiger partial charge in [0.15, 0.2) is 0 Å². The number of hydrogen-bond donors (Lipinski definition) is 2. The molecule has 0 radical (unpaired) electrons. The van der Waals surface area contributed by atoms with E-state index in [1.54, 1.807) is 35.2 Å². The van der Waals surface area contributed by atoms with E-state index >= 15 is 0 Å². The number of rotatable bonds is 7. The van der Waals surface area contributed by atoms with Crippen molar-refractivity contribution in [3.05, 3.63) is 54.1 Å². The molecule has 2 N–H and O–H groups in total.